The number of fused-ring (bicyclic) bond motifs is 1. The highest BCUT2D eigenvalue weighted by molar-refractivity contribution is 6.06. The topological polar surface area (TPSA) is 128 Å². The van der Waals surface area contributed by atoms with Crippen LogP contribution in [0.3, 0.4) is 0 Å². The molecule has 0 spiro atoms. The minimum Gasteiger partial charge on any atom is -0.328 e. The molecule has 1 atom stereocenters. The van der Waals surface area contributed by atoms with Crippen LogP contribution >= 0.6 is 0 Å². The fourth-order valence-electron chi connectivity index (χ4n) is 3.87. The quantitative estimate of drug-likeness (QED) is 0.343. The van der Waals surface area contributed by atoms with Crippen molar-refractivity contribution in [3.63, 3.8) is 0 Å². The van der Waals surface area contributed by atoms with Crippen molar-refractivity contribution in [3.05, 3.63) is 106 Å². The standard InChI is InChI=1S/C24H19N7O3/c1-15-20(23(32)27-18-5-3-2-4-6-18)21(16-11-13-25-14-12-16)30-24(26-15)28-22(29-30)17-7-9-19(10-8-17)31(33)34/h2-14,21H,1H3,(H,27,32)(H,26,28,29). The molecular formula is C24H19N7O3. The molecule has 3 heterocycles. The summed E-state index contributed by atoms with van der Waals surface area (Å²) in [5, 5.41) is 21.8. The molecule has 34 heavy (non-hydrogen) atoms. The average Bonchev–Trinajstić information content (AvgIpc) is 3.28. The Morgan fingerprint density at radius 3 is 2.44 bits per heavy atom. The SMILES string of the molecule is CC1=C(C(=O)Nc2ccccc2)C(c2ccncc2)n2nc(-c3ccc([N+](=O)[O-])cc3)nc2N1. The second-order valence-electron chi connectivity index (χ2n) is 7.67. The number of allylic oxidation sites excluding steroid dienone is 1. The summed E-state index contributed by atoms with van der Waals surface area (Å²) < 4.78 is 1.65. The zero-order valence-corrected chi connectivity index (χ0v) is 18.0. The van der Waals surface area contributed by atoms with E-state index in [-0.39, 0.29) is 11.6 Å². The lowest BCUT2D eigenvalue weighted by Gasteiger charge is -2.28. The molecule has 1 unspecified atom stereocenters. The zero-order chi connectivity index (χ0) is 23.7. The number of non-ortho nitro benzene ring substituents is 1. The first-order chi connectivity index (χ1) is 16.5. The lowest BCUT2D eigenvalue weighted by atomic mass is 9.96. The van der Waals surface area contributed by atoms with Gasteiger partial charge in [-0.15, -0.1) is 5.10 Å². The number of nitrogens with one attached hydrogen (secondary N) is 2. The molecule has 0 radical (unpaired) electrons. The third-order valence-corrected chi connectivity index (χ3v) is 5.49. The third-order valence-electron chi connectivity index (χ3n) is 5.49. The van der Waals surface area contributed by atoms with E-state index >= 15 is 0 Å². The monoisotopic (exact) mass is 453 g/mol. The third kappa shape index (κ3) is 3.88. The first-order valence-corrected chi connectivity index (χ1v) is 10.5. The number of anilines is 2. The summed E-state index contributed by atoms with van der Waals surface area (Å²) in [7, 11) is 0. The van der Waals surface area contributed by atoms with E-state index in [0.29, 0.717) is 34.3 Å². The molecule has 2 N–H and O–H groups in total. The number of benzene rings is 2. The highest BCUT2D eigenvalue weighted by atomic mass is 16.6. The molecule has 2 aromatic heterocycles. The van der Waals surface area contributed by atoms with E-state index in [1.807, 2.05) is 49.4 Å². The van der Waals surface area contributed by atoms with E-state index in [9.17, 15) is 14.9 Å². The van der Waals surface area contributed by atoms with E-state index < -0.39 is 11.0 Å². The molecule has 0 saturated heterocycles. The van der Waals surface area contributed by atoms with Crippen LogP contribution in [0.4, 0.5) is 17.3 Å². The number of carbonyl (C=O) groups is 1. The Kier molecular flexibility index (Phi) is 5.30. The minimum absolute atomic E-state index is 0.0158. The van der Waals surface area contributed by atoms with Gasteiger partial charge in [-0.2, -0.15) is 4.98 Å². The van der Waals surface area contributed by atoms with Gasteiger partial charge in [0.15, 0.2) is 5.82 Å². The highest BCUT2D eigenvalue weighted by Crippen LogP contribution is 2.36. The van der Waals surface area contributed by atoms with E-state index in [4.69, 9.17) is 0 Å². The van der Waals surface area contributed by atoms with Crippen LogP contribution < -0.4 is 10.6 Å². The molecule has 1 amide bonds. The van der Waals surface area contributed by atoms with Crippen LogP contribution in [0.2, 0.25) is 0 Å². The summed E-state index contributed by atoms with van der Waals surface area (Å²) in [5.74, 6) is 0.578. The maximum atomic E-state index is 13.4. The molecule has 1 aliphatic rings. The Morgan fingerprint density at radius 2 is 1.76 bits per heavy atom. The van der Waals surface area contributed by atoms with Gasteiger partial charge in [0.1, 0.15) is 6.04 Å². The van der Waals surface area contributed by atoms with Crippen LogP contribution in [-0.2, 0) is 4.79 Å². The van der Waals surface area contributed by atoms with Gasteiger partial charge in [0, 0.05) is 41.5 Å². The van der Waals surface area contributed by atoms with Crippen LogP contribution in [0.1, 0.15) is 18.5 Å². The predicted molar refractivity (Wildman–Crippen MR) is 126 cm³/mol. The first-order valence-electron chi connectivity index (χ1n) is 10.5. The number of nitro benzene ring substituents is 1. The highest BCUT2D eigenvalue weighted by Gasteiger charge is 2.34. The van der Waals surface area contributed by atoms with Gasteiger partial charge in [-0.05, 0) is 48.9 Å². The minimum atomic E-state index is -0.553. The number of aromatic nitrogens is 4. The second-order valence-corrected chi connectivity index (χ2v) is 7.67. The molecule has 0 bridgehead atoms. The Bertz CT molecular complexity index is 1400. The Hall–Kier alpha value is -4.86. The van der Waals surface area contributed by atoms with Gasteiger partial charge in [-0.1, -0.05) is 18.2 Å². The average molecular weight is 453 g/mol. The largest absolute Gasteiger partial charge is 0.328 e. The molecule has 4 aromatic rings. The number of hydrogen-bond acceptors (Lipinski definition) is 7. The number of nitrogens with zero attached hydrogens (tertiary/aromatic N) is 5. The Balaban J connectivity index is 1.57. The number of nitro groups is 1. The number of rotatable bonds is 5. The lowest BCUT2D eigenvalue weighted by Crippen LogP contribution is -2.31. The normalized spacial score (nSPS) is 14.8. The fraction of sp³-hybridized carbons (Fsp3) is 0.0833. The van der Waals surface area contributed by atoms with Crippen molar-refractivity contribution < 1.29 is 9.72 Å². The van der Waals surface area contributed by atoms with Gasteiger partial charge in [-0.25, -0.2) is 4.68 Å². The summed E-state index contributed by atoms with van der Waals surface area (Å²) in [4.78, 5) is 32.6. The van der Waals surface area contributed by atoms with E-state index in [0.717, 1.165) is 5.56 Å². The van der Waals surface area contributed by atoms with Crippen molar-refractivity contribution in [1.82, 2.24) is 19.7 Å². The van der Waals surface area contributed by atoms with Crippen molar-refractivity contribution in [2.75, 3.05) is 10.6 Å². The molecule has 10 heteroatoms. The molecular weight excluding hydrogens is 434 g/mol. The van der Waals surface area contributed by atoms with Crippen LogP contribution in [0, 0.1) is 10.1 Å². The van der Waals surface area contributed by atoms with Crippen molar-refractivity contribution in [1.29, 1.82) is 0 Å². The van der Waals surface area contributed by atoms with E-state index in [1.54, 1.807) is 29.2 Å². The predicted octanol–water partition coefficient (Wildman–Crippen LogP) is 4.18. The van der Waals surface area contributed by atoms with Gasteiger partial charge in [-0.3, -0.25) is 19.9 Å². The maximum Gasteiger partial charge on any atom is 0.269 e. The molecule has 5 rings (SSSR count). The van der Waals surface area contributed by atoms with Crippen molar-refractivity contribution >= 4 is 23.2 Å². The van der Waals surface area contributed by atoms with Crippen molar-refractivity contribution in [2.24, 2.45) is 0 Å². The Morgan fingerprint density at radius 1 is 1.06 bits per heavy atom. The number of pyridine rings is 1. The molecule has 1 aliphatic heterocycles. The van der Waals surface area contributed by atoms with Crippen molar-refractivity contribution in [2.45, 2.75) is 13.0 Å². The van der Waals surface area contributed by atoms with Crippen LogP contribution in [0.15, 0.2) is 90.4 Å². The lowest BCUT2D eigenvalue weighted by molar-refractivity contribution is -0.384. The summed E-state index contributed by atoms with van der Waals surface area (Å²) in [6, 6.07) is 18.3. The first kappa shape index (κ1) is 21.0. The number of carbonyl (C=O) groups excluding carboxylic acids is 1. The van der Waals surface area contributed by atoms with Gasteiger partial charge in [0.2, 0.25) is 5.95 Å². The molecule has 2 aromatic carbocycles. The van der Waals surface area contributed by atoms with E-state index in [1.165, 1.54) is 12.1 Å². The van der Waals surface area contributed by atoms with Crippen LogP contribution in [0.25, 0.3) is 11.4 Å². The second kappa shape index (κ2) is 8.58. The maximum absolute atomic E-state index is 13.4. The molecule has 168 valence electrons. The Labute approximate surface area is 194 Å². The van der Waals surface area contributed by atoms with E-state index in [2.05, 4.69) is 25.7 Å². The van der Waals surface area contributed by atoms with Crippen LogP contribution in [-0.4, -0.2) is 30.6 Å². The molecule has 0 fully saturated rings. The smallest absolute Gasteiger partial charge is 0.269 e. The summed E-state index contributed by atoms with van der Waals surface area (Å²) >= 11 is 0. The number of amides is 1. The van der Waals surface area contributed by atoms with Crippen LogP contribution in [0.5, 0.6) is 0 Å². The molecule has 10 nitrogen and oxygen atoms in total. The van der Waals surface area contributed by atoms with Gasteiger partial charge >= 0.3 is 0 Å². The van der Waals surface area contributed by atoms with Gasteiger partial charge in [0.25, 0.3) is 11.6 Å². The zero-order valence-electron chi connectivity index (χ0n) is 18.0. The number of hydrogen-bond donors (Lipinski definition) is 2. The molecule has 0 saturated carbocycles. The van der Waals surface area contributed by atoms with Gasteiger partial charge in [0.05, 0.1) is 10.5 Å². The molecule has 0 aliphatic carbocycles. The number of para-hydroxylation sites is 1. The fourth-order valence-corrected chi connectivity index (χ4v) is 3.87. The van der Waals surface area contributed by atoms with Gasteiger partial charge < -0.3 is 10.6 Å². The summed E-state index contributed by atoms with van der Waals surface area (Å²) in [6.45, 7) is 1.82. The van der Waals surface area contributed by atoms with Crippen molar-refractivity contribution in [3.8, 4) is 11.4 Å². The summed E-state index contributed by atoms with van der Waals surface area (Å²) in [5.41, 5.74) is 3.23. The summed E-state index contributed by atoms with van der Waals surface area (Å²) in [6.07, 6.45) is 3.32.